The summed E-state index contributed by atoms with van der Waals surface area (Å²) in [6.07, 6.45) is 2.70. The number of halogens is 1. The molecule has 106 valence electrons. The van der Waals surface area contributed by atoms with Crippen LogP contribution in [0, 0.1) is 0 Å². The maximum atomic E-state index is 5.99. The van der Waals surface area contributed by atoms with Gasteiger partial charge in [0.2, 0.25) is 0 Å². The summed E-state index contributed by atoms with van der Waals surface area (Å²) in [6, 6.07) is 15.7. The number of aromatic nitrogens is 1. The Labute approximate surface area is 128 Å². The van der Waals surface area contributed by atoms with Crippen LogP contribution in [0.4, 0.5) is 11.5 Å². The topological polar surface area (TPSA) is 50.9 Å². The van der Waals surface area contributed by atoms with Crippen molar-refractivity contribution in [3.8, 4) is 0 Å². The predicted molar refractivity (Wildman–Crippen MR) is 89.8 cm³/mol. The number of nitrogen functional groups attached to an aromatic ring is 1. The van der Waals surface area contributed by atoms with Crippen molar-refractivity contribution in [2.45, 2.75) is 6.42 Å². The van der Waals surface area contributed by atoms with E-state index in [-0.39, 0.29) is 0 Å². The molecule has 0 radical (unpaired) electrons. The number of nitrogens with zero attached hydrogens (tertiary/aromatic N) is 1. The molecule has 3 N–H and O–H groups in total. The quantitative estimate of drug-likeness (QED) is 0.712. The highest BCUT2D eigenvalue weighted by Gasteiger charge is 2.03. The van der Waals surface area contributed by atoms with E-state index in [1.54, 1.807) is 6.20 Å². The summed E-state index contributed by atoms with van der Waals surface area (Å²) in [4.78, 5) is 4.41. The van der Waals surface area contributed by atoms with E-state index in [2.05, 4.69) is 10.3 Å². The minimum atomic E-state index is 0.762. The van der Waals surface area contributed by atoms with Crippen molar-refractivity contribution in [1.82, 2.24) is 4.98 Å². The van der Waals surface area contributed by atoms with Crippen LogP contribution in [-0.2, 0) is 6.42 Å². The first kappa shape index (κ1) is 13.7. The zero-order valence-corrected chi connectivity index (χ0v) is 12.3. The van der Waals surface area contributed by atoms with Gasteiger partial charge in [-0.15, -0.1) is 0 Å². The summed E-state index contributed by atoms with van der Waals surface area (Å²) in [7, 11) is 0. The maximum Gasteiger partial charge on any atom is 0.133 e. The van der Waals surface area contributed by atoms with Crippen molar-refractivity contribution in [2.75, 3.05) is 17.6 Å². The Bertz CT molecular complexity index is 754. The molecule has 0 fully saturated rings. The molecule has 21 heavy (non-hydrogen) atoms. The van der Waals surface area contributed by atoms with Crippen LogP contribution in [0.1, 0.15) is 5.56 Å². The Morgan fingerprint density at radius 3 is 2.62 bits per heavy atom. The molecule has 1 heterocycles. The number of pyridine rings is 1. The fourth-order valence-electron chi connectivity index (χ4n) is 2.35. The fraction of sp³-hybridized carbons (Fsp3) is 0.118. The molecular weight excluding hydrogens is 282 g/mol. The molecule has 0 saturated heterocycles. The molecule has 0 atom stereocenters. The highest BCUT2D eigenvalue weighted by atomic mass is 35.5. The van der Waals surface area contributed by atoms with Crippen molar-refractivity contribution >= 4 is 33.9 Å². The number of rotatable bonds is 4. The molecule has 0 bridgehead atoms. The Hall–Kier alpha value is -2.26. The van der Waals surface area contributed by atoms with Gasteiger partial charge in [-0.25, -0.2) is 4.98 Å². The lowest BCUT2D eigenvalue weighted by atomic mass is 10.1. The summed E-state index contributed by atoms with van der Waals surface area (Å²) in [5, 5.41) is 6.22. The number of nitrogens with two attached hydrogens (primary N) is 1. The van der Waals surface area contributed by atoms with E-state index in [4.69, 9.17) is 17.3 Å². The third-order valence-electron chi connectivity index (χ3n) is 3.46. The lowest BCUT2D eigenvalue weighted by Crippen LogP contribution is -2.06. The smallest absolute Gasteiger partial charge is 0.133 e. The normalized spacial score (nSPS) is 10.7. The van der Waals surface area contributed by atoms with Crippen LogP contribution in [0.2, 0.25) is 5.02 Å². The van der Waals surface area contributed by atoms with Gasteiger partial charge >= 0.3 is 0 Å². The number of benzene rings is 2. The molecule has 0 aliphatic rings. The molecule has 0 amide bonds. The highest BCUT2D eigenvalue weighted by Crippen LogP contribution is 2.25. The standard InChI is InChI=1S/C17H16ClN3/c18-13-6-4-12(5-7-13)8-10-20-17-15-2-1-3-16(19)14(15)9-11-21-17/h1-7,9,11H,8,10,19H2,(H,20,21). The maximum absolute atomic E-state index is 5.99. The summed E-state index contributed by atoms with van der Waals surface area (Å²) < 4.78 is 0. The highest BCUT2D eigenvalue weighted by molar-refractivity contribution is 6.30. The molecule has 0 aliphatic heterocycles. The second kappa shape index (κ2) is 6.02. The van der Waals surface area contributed by atoms with Crippen LogP contribution in [0.5, 0.6) is 0 Å². The van der Waals surface area contributed by atoms with Gasteiger partial charge in [-0.3, -0.25) is 0 Å². The molecule has 1 aromatic heterocycles. The van der Waals surface area contributed by atoms with Crippen LogP contribution >= 0.6 is 11.6 Å². The Morgan fingerprint density at radius 2 is 1.81 bits per heavy atom. The number of fused-ring (bicyclic) bond motifs is 1. The fourth-order valence-corrected chi connectivity index (χ4v) is 2.47. The molecule has 3 aromatic rings. The van der Waals surface area contributed by atoms with Crippen LogP contribution in [0.25, 0.3) is 10.8 Å². The van der Waals surface area contributed by atoms with Crippen LogP contribution in [0.15, 0.2) is 54.7 Å². The second-order valence-corrected chi connectivity index (χ2v) is 5.34. The number of anilines is 2. The van der Waals surface area contributed by atoms with Gasteiger partial charge < -0.3 is 11.1 Å². The summed E-state index contributed by atoms with van der Waals surface area (Å²) in [5.74, 6) is 0.869. The van der Waals surface area contributed by atoms with Crippen molar-refractivity contribution in [2.24, 2.45) is 0 Å². The molecular formula is C17H16ClN3. The van der Waals surface area contributed by atoms with Crippen LogP contribution in [0.3, 0.4) is 0 Å². The minimum Gasteiger partial charge on any atom is -0.398 e. The van der Waals surface area contributed by atoms with Crippen molar-refractivity contribution in [1.29, 1.82) is 0 Å². The van der Waals surface area contributed by atoms with E-state index in [0.717, 1.165) is 40.3 Å². The van der Waals surface area contributed by atoms with Gasteiger partial charge in [0.15, 0.2) is 0 Å². The van der Waals surface area contributed by atoms with Gasteiger partial charge in [-0.1, -0.05) is 35.9 Å². The van der Waals surface area contributed by atoms with Gasteiger partial charge in [-0.2, -0.15) is 0 Å². The van der Waals surface area contributed by atoms with Crippen molar-refractivity contribution < 1.29 is 0 Å². The van der Waals surface area contributed by atoms with Crippen LogP contribution in [-0.4, -0.2) is 11.5 Å². The lowest BCUT2D eigenvalue weighted by Gasteiger charge is -2.10. The first-order valence-electron chi connectivity index (χ1n) is 6.85. The van der Waals surface area contributed by atoms with Gasteiger partial charge in [0.05, 0.1) is 0 Å². The number of nitrogens with one attached hydrogen (secondary N) is 1. The summed E-state index contributed by atoms with van der Waals surface area (Å²) in [6.45, 7) is 0.808. The predicted octanol–water partition coefficient (Wildman–Crippen LogP) is 4.13. The molecule has 0 spiro atoms. The molecule has 3 rings (SSSR count). The Morgan fingerprint density at radius 1 is 1.00 bits per heavy atom. The molecule has 0 saturated carbocycles. The molecule has 3 nitrogen and oxygen atoms in total. The van der Waals surface area contributed by atoms with E-state index < -0.39 is 0 Å². The Balaban J connectivity index is 1.73. The average molecular weight is 298 g/mol. The monoisotopic (exact) mass is 297 g/mol. The van der Waals surface area contributed by atoms with Gasteiger partial charge in [0.1, 0.15) is 5.82 Å². The van der Waals surface area contributed by atoms with Crippen LogP contribution < -0.4 is 11.1 Å². The second-order valence-electron chi connectivity index (χ2n) is 4.91. The number of hydrogen-bond acceptors (Lipinski definition) is 3. The summed E-state index contributed by atoms with van der Waals surface area (Å²) >= 11 is 5.88. The molecule has 0 aliphatic carbocycles. The molecule has 2 aromatic carbocycles. The minimum absolute atomic E-state index is 0.762. The van der Waals surface area contributed by atoms with Gasteiger partial charge in [-0.05, 0) is 36.2 Å². The first-order valence-corrected chi connectivity index (χ1v) is 7.23. The molecule has 0 unspecified atom stereocenters. The SMILES string of the molecule is Nc1cccc2c(NCCc3ccc(Cl)cc3)nccc12. The van der Waals surface area contributed by atoms with Gasteiger partial charge in [0.25, 0.3) is 0 Å². The lowest BCUT2D eigenvalue weighted by molar-refractivity contribution is 1.01. The van der Waals surface area contributed by atoms with E-state index in [9.17, 15) is 0 Å². The summed E-state index contributed by atoms with van der Waals surface area (Å²) in [5.41, 5.74) is 8.01. The third-order valence-corrected chi connectivity index (χ3v) is 3.71. The van der Waals surface area contributed by atoms with E-state index in [1.165, 1.54) is 5.56 Å². The van der Waals surface area contributed by atoms with E-state index in [0.29, 0.717) is 0 Å². The first-order chi connectivity index (χ1) is 10.2. The third kappa shape index (κ3) is 3.09. The molecule has 4 heteroatoms. The zero-order chi connectivity index (χ0) is 14.7. The zero-order valence-electron chi connectivity index (χ0n) is 11.5. The number of hydrogen-bond donors (Lipinski definition) is 2. The van der Waals surface area contributed by atoms with E-state index in [1.807, 2.05) is 48.5 Å². The Kier molecular flexibility index (Phi) is 3.93. The van der Waals surface area contributed by atoms with Crippen molar-refractivity contribution in [3.63, 3.8) is 0 Å². The van der Waals surface area contributed by atoms with E-state index >= 15 is 0 Å². The van der Waals surface area contributed by atoms with Crippen molar-refractivity contribution in [3.05, 3.63) is 65.3 Å². The largest absolute Gasteiger partial charge is 0.398 e. The average Bonchev–Trinajstić information content (AvgIpc) is 2.50. The van der Waals surface area contributed by atoms with Gasteiger partial charge in [0, 0.05) is 34.2 Å².